The van der Waals surface area contributed by atoms with Crippen LogP contribution < -0.4 is 77.4 Å². The molecule has 0 aliphatic rings. The van der Waals surface area contributed by atoms with Crippen LogP contribution in [0.4, 0.5) is 0 Å². The maximum Gasteiger partial charge on any atom is 0.326 e. The summed E-state index contributed by atoms with van der Waals surface area (Å²) in [5, 5.41) is 32.1. The van der Waals surface area contributed by atoms with Gasteiger partial charge in [-0.1, -0.05) is 100 Å². The Kier molecular flexibility index (Phi) is 30.8. The SMILES string of the molecule is CCCCCCCCCC(=O)N[C@@H](CCCN=C(N)N)C(=O)N[C@@H](Cc1c[nH]c2ccccc12)C(=O)N[C@@H](CCCN=C(N)N)C(=O)N[C@@H](Cc1c[nH]c2ccccc12)C(=O)N[C@@H](CCCN=C(N)N)C(=O)N[C@@H](Cc1c[nH]c2ccccc12)C(=O)N[C@@H](CCCCN)C(=O)O. The van der Waals surface area contributed by atoms with Crippen molar-refractivity contribution >= 4 is 97.9 Å². The minimum absolute atomic E-state index is 0.0246. The van der Waals surface area contributed by atoms with Gasteiger partial charge in [0, 0.05) is 96.6 Å². The van der Waals surface area contributed by atoms with Crippen LogP contribution in [0.1, 0.15) is 133 Å². The van der Waals surface area contributed by atoms with Gasteiger partial charge >= 0.3 is 5.97 Å². The largest absolute Gasteiger partial charge is 0.480 e. The van der Waals surface area contributed by atoms with Gasteiger partial charge in [0.15, 0.2) is 17.9 Å². The highest BCUT2D eigenvalue weighted by molar-refractivity contribution is 5.99. The number of carboxylic acids is 1. The lowest BCUT2D eigenvalue weighted by atomic mass is 10.0. The quantitative estimate of drug-likeness (QED) is 0.0148. The van der Waals surface area contributed by atoms with Crippen molar-refractivity contribution in [3.8, 4) is 0 Å². The number of nitrogens with two attached hydrogens (primary N) is 7. The van der Waals surface area contributed by atoms with E-state index in [1.54, 1.807) is 24.7 Å². The molecule has 0 fully saturated rings. The first-order valence-corrected chi connectivity index (χ1v) is 33.1. The van der Waals surface area contributed by atoms with Gasteiger partial charge in [-0.3, -0.25) is 48.5 Å². The molecule has 29 nitrogen and oxygen atoms in total. The number of rotatable bonds is 44. The van der Waals surface area contributed by atoms with Gasteiger partial charge in [-0.25, -0.2) is 4.79 Å². The number of carboxylic acid groups (broad SMARTS) is 1. The second-order valence-electron chi connectivity index (χ2n) is 24.0. The Hall–Kier alpha value is -10.2. The van der Waals surface area contributed by atoms with Crippen molar-refractivity contribution in [3.05, 3.63) is 108 Å². The minimum atomic E-state index is -1.48. The van der Waals surface area contributed by atoms with Gasteiger partial charge in [-0.15, -0.1) is 0 Å². The molecule has 0 saturated heterocycles. The third-order valence-corrected chi connectivity index (χ3v) is 16.5. The lowest BCUT2D eigenvalue weighted by molar-refractivity contribution is -0.142. The van der Waals surface area contributed by atoms with Crippen LogP contribution >= 0.6 is 0 Å². The number of fused-ring (bicyclic) bond motifs is 3. The smallest absolute Gasteiger partial charge is 0.326 e. The summed E-state index contributed by atoms with van der Waals surface area (Å²) in [5.41, 5.74) is 43.8. The number of H-pyrrole nitrogens is 3. The Labute approximate surface area is 558 Å². The van der Waals surface area contributed by atoms with Gasteiger partial charge in [0.25, 0.3) is 0 Å². The molecular weight excluding hydrogens is 1230 g/mol. The van der Waals surface area contributed by atoms with Crippen LogP contribution in [-0.4, -0.2) is 154 Å². The molecule has 29 heteroatoms. The van der Waals surface area contributed by atoms with Crippen molar-refractivity contribution in [2.24, 2.45) is 55.1 Å². The Morgan fingerprint density at radius 1 is 0.396 bits per heavy atom. The van der Waals surface area contributed by atoms with Gasteiger partial charge in [-0.2, -0.15) is 0 Å². The number of guanidine groups is 3. The molecule has 7 amide bonds. The van der Waals surface area contributed by atoms with Crippen molar-refractivity contribution in [2.45, 2.75) is 178 Å². The lowest BCUT2D eigenvalue weighted by Gasteiger charge is -2.28. The predicted octanol–water partition coefficient (Wildman–Crippen LogP) is 2.07. The number of para-hydroxylation sites is 3. The summed E-state index contributed by atoms with van der Waals surface area (Å²) in [7, 11) is 0. The molecule has 6 rings (SSSR count). The van der Waals surface area contributed by atoms with E-state index < -0.39 is 83.7 Å². The summed E-state index contributed by atoms with van der Waals surface area (Å²) < 4.78 is 0. The molecule has 3 aromatic carbocycles. The number of hydrogen-bond donors (Lipinski definition) is 18. The highest BCUT2D eigenvalue weighted by Gasteiger charge is 2.35. The number of carbonyl (C=O) groups excluding carboxylic acids is 7. The number of amides is 7. The molecule has 3 aromatic heterocycles. The molecule has 0 bridgehead atoms. The minimum Gasteiger partial charge on any atom is -0.480 e. The number of aliphatic carboxylic acids is 1. The van der Waals surface area contributed by atoms with Crippen LogP contribution in [0.15, 0.2) is 106 Å². The molecule has 96 heavy (non-hydrogen) atoms. The summed E-state index contributed by atoms with van der Waals surface area (Å²) in [4.78, 5) is 138. The Morgan fingerprint density at radius 3 is 1.06 bits per heavy atom. The maximum absolute atomic E-state index is 15.3. The van der Waals surface area contributed by atoms with Gasteiger partial charge in [0.05, 0.1) is 0 Å². The third kappa shape index (κ3) is 24.6. The molecule has 0 aliphatic heterocycles. The van der Waals surface area contributed by atoms with Crippen molar-refractivity contribution < 1.29 is 43.5 Å². The highest BCUT2D eigenvalue weighted by Crippen LogP contribution is 2.23. The number of benzene rings is 3. The van der Waals surface area contributed by atoms with E-state index in [-0.39, 0.29) is 114 Å². The zero-order valence-electron chi connectivity index (χ0n) is 54.8. The van der Waals surface area contributed by atoms with E-state index in [0.29, 0.717) is 47.9 Å². The van der Waals surface area contributed by atoms with Gasteiger partial charge in [0.2, 0.25) is 41.4 Å². The second-order valence-corrected chi connectivity index (χ2v) is 24.0. The zero-order chi connectivity index (χ0) is 69.4. The van der Waals surface area contributed by atoms with Crippen LogP contribution in [0.5, 0.6) is 0 Å². The number of unbranched alkanes of at least 4 members (excludes halogenated alkanes) is 7. The average Bonchev–Trinajstić information content (AvgIpc) is 1.66. The summed E-state index contributed by atoms with van der Waals surface area (Å²) >= 11 is 0. The number of carbonyl (C=O) groups is 8. The van der Waals surface area contributed by atoms with E-state index in [4.69, 9.17) is 40.1 Å². The van der Waals surface area contributed by atoms with Gasteiger partial charge < -0.3 is 97.4 Å². The third-order valence-electron chi connectivity index (χ3n) is 16.5. The van der Waals surface area contributed by atoms with Crippen molar-refractivity contribution in [2.75, 3.05) is 26.2 Å². The monoisotopic (exact) mass is 1330 g/mol. The first-order chi connectivity index (χ1) is 46.2. The zero-order valence-corrected chi connectivity index (χ0v) is 54.8. The predicted molar refractivity (Wildman–Crippen MR) is 372 cm³/mol. The number of nitrogens with one attached hydrogen (secondary N) is 10. The number of hydrogen-bond acceptors (Lipinski definition) is 12. The highest BCUT2D eigenvalue weighted by atomic mass is 16.4. The van der Waals surface area contributed by atoms with Crippen LogP contribution in [0.3, 0.4) is 0 Å². The van der Waals surface area contributed by atoms with Gasteiger partial charge in [0.1, 0.15) is 42.3 Å². The van der Waals surface area contributed by atoms with E-state index in [9.17, 15) is 29.1 Å². The normalized spacial score (nSPS) is 13.4. The second kappa shape index (κ2) is 39.5. The fraction of sp³-hybridized carbons (Fsp3) is 0.478. The molecule has 0 saturated carbocycles. The summed E-state index contributed by atoms with van der Waals surface area (Å²) in [6.45, 7) is 2.66. The van der Waals surface area contributed by atoms with E-state index in [2.05, 4.69) is 74.1 Å². The van der Waals surface area contributed by atoms with Crippen LogP contribution in [0.25, 0.3) is 32.7 Å². The molecule has 520 valence electrons. The molecule has 0 spiro atoms. The molecular formula is C67H98N20O9. The van der Waals surface area contributed by atoms with E-state index in [1.165, 1.54) is 0 Å². The fourth-order valence-corrected chi connectivity index (χ4v) is 11.4. The van der Waals surface area contributed by atoms with Crippen LogP contribution in [0.2, 0.25) is 0 Å². The maximum atomic E-state index is 15.3. The Morgan fingerprint density at radius 2 is 0.708 bits per heavy atom. The lowest BCUT2D eigenvalue weighted by Crippen LogP contribution is -2.60. The van der Waals surface area contributed by atoms with E-state index >= 15 is 14.4 Å². The molecule has 6 aromatic rings. The van der Waals surface area contributed by atoms with Crippen molar-refractivity contribution in [1.82, 2.24) is 52.2 Å². The average molecular weight is 1330 g/mol. The number of aliphatic imine (C=N–C) groups is 3. The fourth-order valence-electron chi connectivity index (χ4n) is 11.4. The van der Waals surface area contributed by atoms with E-state index in [1.807, 2.05) is 66.7 Å². The number of nitrogens with zero attached hydrogens (tertiary/aromatic N) is 3. The summed E-state index contributed by atoms with van der Waals surface area (Å²) in [5.74, 6) is -7.03. The Bertz CT molecular complexity index is 3600. The van der Waals surface area contributed by atoms with Crippen LogP contribution in [0, 0.1) is 0 Å². The van der Waals surface area contributed by atoms with E-state index in [0.717, 1.165) is 65.8 Å². The number of aromatic nitrogens is 3. The number of aromatic amines is 3. The molecule has 0 aliphatic carbocycles. The molecule has 3 heterocycles. The molecule has 7 atom stereocenters. The van der Waals surface area contributed by atoms with Crippen molar-refractivity contribution in [1.29, 1.82) is 0 Å². The molecule has 0 radical (unpaired) electrons. The topological polar surface area (TPSA) is 508 Å². The first kappa shape index (κ1) is 74.8. The van der Waals surface area contributed by atoms with Crippen molar-refractivity contribution in [3.63, 3.8) is 0 Å². The molecule has 0 unspecified atom stereocenters. The van der Waals surface area contributed by atoms with Crippen LogP contribution in [-0.2, 0) is 57.6 Å². The Balaban J connectivity index is 1.33. The standard InChI is InChI=1S/C67H98N20O9/c1-2-3-4-5-6-7-8-30-57(88)81-50(27-17-32-75-65(69)70)58(89)85-54(35-41-38-78-47-23-12-9-20-44(41)47)61(92)82-51(28-18-33-76-66(71)72)59(90)86-55(36-42-39-79-48-24-13-10-21-45(42)48)62(93)83-52(29-19-34-77-67(73)74)60(91)87-56(37-43-40-80-49-25-14-11-22-46(43)49)63(94)84-53(64(95)96)26-15-16-31-68/h9-14,20-25,38-40,50-56,78-80H,2-8,15-19,26-37,68H2,1H3,(H,81,88)(H,82,92)(H,83,93)(H,84,94)(H,85,89)(H,86,90)(H,87,91)(H,95,96)(H4,69,70,75)(H4,71,72,76)(H4,73,74,77)/t50-,51-,52-,53-,54-,55-,56-/m0/s1. The summed E-state index contributed by atoms with van der Waals surface area (Å²) in [6, 6.07) is 12.4. The first-order valence-electron chi connectivity index (χ1n) is 33.1. The summed E-state index contributed by atoms with van der Waals surface area (Å²) in [6.07, 6.45) is 13.2. The van der Waals surface area contributed by atoms with Gasteiger partial charge in [-0.05, 0) is 106 Å². The molecule has 25 N–H and O–H groups in total.